The van der Waals surface area contributed by atoms with Gasteiger partial charge in [0.15, 0.2) is 11.0 Å². The lowest BCUT2D eigenvalue weighted by Crippen LogP contribution is -2.61. The van der Waals surface area contributed by atoms with E-state index in [0.29, 0.717) is 55.2 Å². The second-order valence-corrected chi connectivity index (χ2v) is 15.6. The Balaban J connectivity index is 1.21. The molecule has 2 aromatic rings. The van der Waals surface area contributed by atoms with E-state index in [1.165, 1.54) is 12.3 Å². The molecule has 3 amide bonds. The zero-order valence-electron chi connectivity index (χ0n) is 27.2. The second kappa shape index (κ2) is 12.8. The number of nitrogens with one attached hydrogen (secondary N) is 4. The molecule has 0 unspecified atom stereocenters. The SMILES string of the molecule is CC1(C)CCC2(CC1)N[C@@H](C(=O)N[C@@H]1CC[C@@H](C(=O)NC3CCOCC3)OC1)[C@H](c1ccnc(Cl)c1F)[C@]21C(=O)Nc2cc(Cl)ccc21. The summed E-state index contributed by atoms with van der Waals surface area (Å²) in [4.78, 5) is 46.0. The minimum absolute atomic E-state index is 0.0279. The van der Waals surface area contributed by atoms with Crippen molar-refractivity contribution < 1.29 is 28.2 Å². The van der Waals surface area contributed by atoms with E-state index in [1.54, 1.807) is 12.1 Å². The molecule has 2 spiro atoms. The maximum absolute atomic E-state index is 16.1. The molecule has 4 N–H and O–H groups in total. The molecule has 1 aromatic carbocycles. The van der Waals surface area contributed by atoms with Crippen LogP contribution in [0, 0.1) is 11.2 Å². The molecule has 1 aliphatic carbocycles. The van der Waals surface area contributed by atoms with E-state index in [0.717, 1.165) is 25.7 Å². The highest BCUT2D eigenvalue weighted by Gasteiger charge is 2.73. The summed E-state index contributed by atoms with van der Waals surface area (Å²) in [7, 11) is 0. The van der Waals surface area contributed by atoms with Crippen molar-refractivity contribution in [3.63, 3.8) is 0 Å². The first-order chi connectivity index (χ1) is 22.9. The molecule has 3 saturated heterocycles. The van der Waals surface area contributed by atoms with E-state index in [1.807, 2.05) is 6.07 Å². The van der Waals surface area contributed by atoms with Crippen LogP contribution < -0.4 is 21.3 Å². The van der Waals surface area contributed by atoms with E-state index in [-0.39, 0.29) is 52.5 Å². The highest BCUT2D eigenvalue weighted by Crippen LogP contribution is 2.64. The average Bonchev–Trinajstić information content (AvgIpc) is 3.52. The van der Waals surface area contributed by atoms with Crippen LogP contribution in [-0.4, -0.2) is 72.3 Å². The summed E-state index contributed by atoms with van der Waals surface area (Å²) in [5.74, 6) is -2.55. The standard InChI is InChI=1S/C35H42Cl2FN5O5/c1-33(2)10-12-34(13-11-33)35(23-5-3-19(36)17-24(23)42-32(35)46)26(22-7-14-39-29(37)27(22)38)28(43-34)31(45)41-21-4-6-25(48-18-21)30(44)40-20-8-15-47-16-9-20/h3,5,7,14,17,20-21,25-26,28,43H,4,6,8-13,15-16,18H2,1-2H3,(H,40,44)(H,41,45)(H,42,46)/t21-,25+,26+,28-,35-/m1/s1. The quantitative estimate of drug-likeness (QED) is 0.331. The molecule has 7 rings (SSSR count). The molecule has 10 nitrogen and oxygen atoms in total. The van der Waals surface area contributed by atoms with Crippen LogP contribution in [0.15, 0.2) is 30.5 Å². The van der Waals surface area contributed by atoms with Gasteiger partial charge in [-0.05, 0) is 86.1 Å². The minimum Gasteiger partial charge on any atom is -0.381 e. The molecule has 0 bridgehead atoms. The predicted molar refractivity (Wildman–Crippen MR) is 178 cm³/mol. The normalized spacial score (nSPS) is 31.0. The number of aromatic nitrogens is 1. The van der Waals surface area contributed by atoms with E-state index >= 15 is 4.39 Å². The Labute approximate surface area is 289 Å². The van der Waals surface area contributed by atoms with Gasteiger partial charge in [0.05, 0.1) is 18.7 Å². The summed E-state index contributed by atoms with van der Waals surface area (Å²) in [6.45, 7) is 5.80. The smallest absolute Gasteiger partial charge is 0.249 e. The summed E-state index contributed by atoms with van der Waals surface area (Å²) in [6, 6.07) is 5.48. The Bertz CT molecular complexity index is 1600. The van der Waals surface area contributed by atoms with E-state index in [9.17, 15) is 14.4 Å². The van der Waals surface area contributed by atoms with E-state index in [2.05, 4.69) is 40.1 Å². The van der Waals surface area contributed by atoms with Crippen LogP contribution >= 0.6 is 23.2 Å². The van der Waals surface area contributed by atoms with Crippen molar-refractivity contribution in [3.05, 3.63) is 57.6 Å². The van der Waals surface area contributed by atoms with Crippen LogP contribution in [0.5, 0.6) is 0 Å². The molecule has 258 valence electrons. The number of benzene rings is 1. The molecule has 1 saturated carbocycles. The second-order valence-electron chi connectivity index (χ2n) is 14.8. The van der Waals surface area contributed by atoms with Crippen LogP contribution in [0.4, 0.5) is 10.1 Å². The minimum atomic E-state index is -1.35. The summed E-state index contributed by atoms with van der Waals surface area (Å²) in [6.07, 6.45) is 6.09. The fourth-order valence-corrected chi connectivity index (χ4v) is 9.16. The number of ether oxygens (including phenoxy) is 2. The van der Waals surface area contributed by atoms with Gasteiger partial charge in [0, 0.05) is 47.6 Å². The summed E-state index contributed by atoms with van der Waals surface area (Å²) < 4.78 is 27.5. The van der Waals surface area contributed by atoms with Crippen LogP contribution in [0.25, 0.3) is 0 Å². The number of anilines is 1. The fraction of sp³-hybridized carbons (Fsp3) is 0.600. The van der Waals surface area contributed by atoms with Gasteiger partial charge in [0.25, 0.3) is 0 Å². The summed E-state index contributed by atoms with van der Waals surface area (Å²) in [5, 5.41) is 13.0. The monoisotopic (exact) mass is 701 g/mol. The van der Waals surface area contributed by atoms with Gasteiger partial charge in [-0.3, -0.25) is 19.7 Å². The van der Waals surface area contributed by atoms with E-state index in [4.69, 9.17) is 32.7 Å². The first kappa shape index (κ1) is 33.7. The van der Waals surface area contributed by atoms with Gasteiger partial charge >= 0.3 is 0 Å². The van der Waals surface area contributed by atoms with Crippen molar-refractivity contribution in [2.45, 2.75) is 106 Å². The van der Waals surface area contributed by atoms with Gasteiger partial charge in [-0.15, -0.1) is 0 Å². The molecular weight excluding hydrogens is 660 g/mol. The van der Waals surface area contributed by atoms with Crippen LogP contribution in [-0.2, 0) is 29.3 Å². The number of halogens is 3. The molecule has 48 heavy (non-hydrogen) atoms. The zero-order chi connectivity index (χ0) is 33.8. The number of nitrogens with zero attached hydrogens (tertiary/aromatic N) is 1. The van der Waals surface area contributed by atoms with Crippen LogP contribution in [0.1, 0.15) is 82.3 Å². The van der Waals surface area contributed by atoms with Crippen molar-refractivity contribution >= 4 is 46.6 Å². The van der Waals surface area contributed by atoms with Crippen LogP contribution in [0.3, 0.4) is 0 Å². The number of hydrogen-bond acceptors (Lipinski definition) is 7. The Kier molecular flexibility index (Phi) is 8.98. The maximum Gasteiger partial charge on any atom is 0.249 e. The Morgan fingerprint density at radius 1 is 0.979 bits per heavy atom. The summed E-state index contributed by atoms with van der Waals surface area (Å²) in [5.41, 5.74) is -0.830. The molecule has 5 aliphatic rings. The number of pyridine rings is 1. The number of rotatable bonds is 5. The number of fused-ring (bicyclic) bond motifs is 3. The highest BCUT2D eigenvalue weighted by atomic mass is 35.5. The largest absolute Gasteiger partial charge is 0.381 e. The lowest BCUT2D eigenvalue weighted by Gasteiger charge is -2.50. The van der Waals surface area contributed by atoms with Crippen LogP contribution in [0.2, 0.25) is 10.2 Å². The fourth-order valence-electron chi connectivity index (χ4n) is 8.83. The molecule has 5 heterocycles. The first-order valence-electron chi connectivity index (χ1n) is 16.9. The zero-order valence-corrected chi connectivity index (χ0v) is 28.7. The van der Waals surface area contributed by atoms with Gasteiger partial charge < -0.3 is 25.4 Å². The molecule has 13 heteroatoms. The van der Waals surface area contributed by atoms with Gasteiger partial charge in [-0.25, -0.2) is 9.37 Å². The van der Waals surface area contributed by atoms with Gasteiger partial charge in [-0.2, -0.15) is 0 Å². The molecule has 5 atom stereocenters. The van der Waals surface area contributed by atoms with Crippen molar-refractivity contribution in [1.82, 2.24) is 20.9 Å². The molecule has 0 radical (unpaired) electrons. The number of amides is 3. The third-order valence-corrected chi connectivity index (χ3v) is 11.9. The third kappa shape index (κ3) is 5.69. The third-order valence-electron chi connectivity index (χ3n) is 11.4. The predicted octanol–water partition coefficient (Wildman–Crippen LogP) is 4.77. The molecule has 1 aromatic heterocycles. The number of carbonyl (C=O) groups excluding carboxylic acids is 3. The van der Waals surface area contributed by atoms with Crippen molar-refractivity contribution in [2.75, 3.05) is 25.1 Å². The molecule has 4 aliphatic heterocycles. The van der Waals surface area contributed by atoms with Gasteiger partial charge in [0.1, 0.15) is 11.5 Å². The number of hydrogen-bond donors (Lipinski definition) is 4. The van der Waals surface area contributed by atoms with Crippen molar-refractivity contribution in [3.8, 4) is 0 Å². The Hall–Kier alpha value is -2.83. The van der Waals surface area contributed by atoms with Gasteiger partial charge in [0.2, 0.25) is 17.7 Å². The molecule has 4 fully saturated rings. The van der Waals surface area contributed by atoms with Gasteiger partial charge in [-0.1, -0.05) is 43.1 Å². The average molecular weight is 703 g/mol. The Morgan fingerprint density at radius 2 is 1.71 bits per heavy atom. The number of carbonyl (C=O) groups is 3. The molecular formula is C35H42Cl2FN5O5. The topological polar surface area (TPSA) is 131 Å². The van der Waals surface area contributed by atoms with Crippen molar-refractivity contribution in [1.29, 1.82) is 0 Å². The lowest BCUT2D eigenvalue weighted by molar-refractivity contribution is -0.138. The Morgan fingerprint density at radius 3 is 2.42 bits per heavy atom. The lowest BCUT2D eigenvalue weighted by atomic mass is 9.53. The maximum atomic E-state index is 16.1. The first-order valence-corrected chi connectivity index (χ1v) is 17.7. The highest BCUT2D eigenvalue weighted by molar-refractivity contribution is 6.31. The van der Waals surface area contributed by atoms with E-state index < -0.39 is 34.8 Å². The van der Waals surface area contributed by atoms with Crippen molar-refractivity contribution in [2.24, 2.45) is 5.41 Å². The summed E-state index contributed by atoms with van der Waals surface area (Å²) >= 11 is 12.7.